The highest BCUT2D eigenvalue weighted by atomic mass is 32.1. The number of amides is 1. The van der Waals surface area contributed by atoms with Crippen LogP contribution in [-0.4, -0.2) is 44.5 Å². The van der Waals surface area contributed by atoms with Gasteiger partial charge in [-0.05, 0) is 24.9 Å². The molecule has 106 valence electrons. The van der Waals surface area contributed by atoms with Gasteiger partial charge in [-0.1, -0.05) is 23.0 Å². The van der Waals surface area contributed by atoms with Crippen LogP contribution in [0.4, 0.5) is 0 Å². The van der Waals surface area contributed by atoms with Gasteiger partial charge in [-0.2, -0.15) is 0 Å². The van der Waals surface area contributed by atoms with Gasteiger partial charge in [0, 0.05) is 19.5 Å². The quantitative estimate of drug-likeness (QED) is 0.352. The summed E-state index contributed by atoms with van der Waals surface area (Å²) in [5.74, 6) is -0.0277. The normalized spacial score (nSPS) is 13.3. The van der Waals surface area contributed by atoms with E-state index in [2.05, 4.69) is 14.7 Å². The second kappa shape index (κ2) is 7.03. The van der Waals surface area contributed by atoms with Crippen LogP contribution in [0.1, 0.15) is 42.1 Å². The molecular formula is C11H19N5O2S. The van der Waals surface area contributed by atoms with Crippen molar-refractivity contribution in [3.05, 3.63) is 10.6 Å². The van der Waals surface area contributed by atoms with E-state index in [-0.39, 0.29) is 17.8 Å². The molecule has 1 heterocycles. The lowest BCUT2D eigenvalue weighted by Gasteiger charge is -2.24. The maximum atomic E-state index is 12.3. The molecule has 1 aromatic heterocycles. The van der Waals surface area contributed by atoms with E-state index in [9.17, 15) is 4.79 Å². The lowest BCUT2D eigenvalue weighted by molar-refractivity contribution is 0.0750. The van der Waals surface area contributed by atoms with Gasteiger partial charge >= 0.3 is 0 Å². The zero-order valence-electron chi connectivity index (χ0n) is 11.3. The Morgan fingerprint density at radius 1 is 1.63 bits per heavy atom. The van der Waals surface area contributed by atoms with Gasteiger partial charge in [0.05, 0.1) is 5.69 Å². The second-order valence-electron chi connectivity index (χ2n) is 4.36. The maximum absolute atomic E-state index is 12.3. The third-order valence-electron chi connectivity index (χ3n) is 2.85. The highest BCUT2D eigenvalue weighted by Crippen LogP contribution is 2.16. The van der Waals surface area contributed by atoms with Crippen LogP contribution in [0.3, 0.4) is 0 Å². The molecule has 19 heavy (non-hydrogen) atoms. The Hall–Kier alpha value is -1.70. The second-order valence-corrected chi connectivity index (χ2v) is 5.11. The van der Waals surface area contributed by atoms with E-state index < -0.39 is 0 Å². The molecule has 0 saturated carbocycles. The molecule has 0 aliphatic rings. The Kier molecular flexibility index (Phi) is 5.68. The van der Waals surface area contributed by atoms with Gasteiger partial charge in [-0.15, -0.1) is 5.10 Å². The molecule has 0 aliphatic carbocycles. The van der Waals surface area contributed by atoms with Crippen molar-refractivity contribution < 1.29 is 10.0 Å². The van der Waals surface area contributed by atoms with Crippen molar-refractivity contribution in [2.24, 2.45) is 10.9 Å². The number of nitrogens with two attached hydrogens (primary N) is 1. The fraction of sp³-hybridized carbons (Fsp3) is 0.636. The topological polar surface area (TPSA) is 105 Å². The average Bonchev–Trinajstić information content (AvgIpc) is 2.85. The number of carbonyl (C=O) groups is 1. The van der Waals surface area contributed by atoms with Gasteiger partial charge in [0.15, 0.2) is 0 Å². The van der Waals surface area contributed by atoms with Crippen molar-refractivity contribution in [3.63, 3.8) is 0 Å². The molecule has 1 unspecified atom stereocenters. The van der Waals surface area contributed by atoms with E-state index in [0.29, 0.717) is 11.3 Å². The smallest absolute Gasteiger partial charge is 0.267 e. The molecule has 0 spiro atoms. The first-order valence-electron chi connectivity index (χ1n) is 6.06. The van der Waals surface area contributed by atoms with Crippen LogP contribution in [0.25, 0.3) is 0 Å². The van der Waals surface area contributed by atoms with Crippen molar-refractivity contribution >= 4 is 23.3 Å². The molecule has 7 nitrogen and oxygen atoms in total. The Labute approximate surface area is 116 Å². The van der Waals surface area contributed by atoms with E-state index in [1.165, 1.54) is 0 Å². The Morgan fingerprint density at radius 3 is 2.89 bits per heavy atom. The fourth-order valence-electron chi connectivity index (χ4n) is 1.61. The van der Waals surface area contributed by atoms with Crippen molar-refractivity contribution in [1.82, 2.24) is 14.5 Å². The van der Waals surface area contributed by atoms with Crippen molar-refractivity contribution in [2.75, 3.05) is 7.05 Å². The molecule has 8 heteroatoms. The van der Waals surface area contributed by atoms with Gasteiger partial charge in [-0.25, -0.2) is 0 Å². The Balaban J connectivity index is 2.78. The summed E-state index contributed by atoms with van der Waals surface area (Å²) in [6, 6.07) is -0.167. The monoisotopic (exact) mass is 285 g/mol. The number of carbonyl (C=O) groups excluding carboxylic acids is 1. The molecule has 1 rings (SSSR count). The number of rotatable bonds is 6. The SMILES string of the molecule is CCCc1nnsc1C(=O)N(C)C(C)CC(N)=NO. The van der Waals surface area contributed by atoms with E-state index in [4.69, 9.17) is 10.9 Å². The molecule has 0 aromatic carbocycles. The Bertz CT molecular complexity index is 460. The molecule has 1 amide bonds. The average molecular weight is 285 g/mol. The molecule has 0 bridgehead atoms. The van der Waals surface area contributed by atoms with Crippen LogP contribution in [0.2, 0.25) is 0 Å². The summed E-state index contributed by atoms with van der Waals surface area (Å²) in [6.07, 6.45) is 1.96. The number of nitrogens with zero attached hydrogens (tertiary/aromatic N) is 4. The van der Waals surface area contributed by atoms with E-state index >= 15 is 0 Å². The van der Waals surface area contributed by atoms with Crippen LogP contribution < -0.4 is 5.73 Å². The number of aryl methyl sites for hydroxylation is 1. The van der Waals surface area contributed by atoms with Gasteiger partial charge < -0.3 is 15.8 Å². The highest BCUT2D eigenvalue weighted by Gasteiger charge is 2.23. The predicted octanol–water partition coefficient (Wildman–Crippen LogP) is 1.09. The van der Waals surface area contributed by atoms with Crippen molar-refractivity contribution in [1.29, 1.82) is 0 Å². The summed E-state index contributed by atoms with van der Waals surface area (Å²) in [4.78, 5) is 14.5. The molecule has 0 saturated heterocycles. The molecule has 0 radical (unpaired) electrons. The molecule has 0 aliphatic heterocycles. The first kappa shape index (κ1) is 15.4. The minimum Gasteiger partial charge on any atom is -0.409 e. The zero-order valence-corrected chi connectivity index (χ0v) is 12.1. The molecule has 1 atom stereocenters. The van der Waals surface area contributed by atoms with E-state index in [1.807, 2.05) is 13.8 Å². The number of amidine groups is 1. The van der Waals surface area contributed by atoms with Crippen molar-refractivity contribution in [2.45, 2.75) is 39.2 Å². The minimum atomic E-state index is -0.167. The molecular weight excluding hydrogens is 266 g/mol. The van der Waals surface area contributed by atoms with E-state index in [1.54, 1.807) is 11.9 Å². The van der Waals surface area contributed by atoms with Crippen LogP contribution in [0.15, 0.2) is 5.16 Å². The van der Waals surface area contributed by atoms with E-state index in [0.717, 1.165) is 30.1 Å². The van der Waals surface area contributed by atoms with Gasteiger partial charge in [0.2, 0.25) is 0 Å². The van der Waals surface area contributed by atoms with Crippen LogP contribution in [0.5, 0.6) is 0 Å². The highest BCUT2D eigenvalue weighted by molar-refractivity contribution is 7.08. The van der Waals surface area contributed by atoms with Gasteiger partial charge in [0.25, 0.3) is 5.91 Å². The maximum Gasteiger partial charge on any atom is 0.267 e. The summed E-state index contributed by atoms with van der Waals surface area (Å²) in [5, 5.41) is 15.4. The third-order valence-corrected chi connectivity index (χ3v) is 3.61. The van der Waals surface area contributed by atoms with Crippen LogP contribution in [0, 0.1) is 0 Å². The summed E-state index contributed by atoms with van der Waals surface area (Å²) >= 11 is 1.10. The zero-order chi connectivity index (χ0) is 14.4. The molecule has 1 aromatic rings. The van der Waals surface area contributed by atoms with Crippen molar-refractivity contribution in [3.8, 4) is 0 Å². The summed E-state index contributed by atoms with van der Waals surface area (Å²) in [6.45, 7) is 3.86. The molecule has 3 N–H and O–H groups in total. The number of aromatic nitrogens is 2. The van der Waals surface area contributed by atoms with Crippen LogP contribution in [-0.2, 0) is 6.42 Å². The van der Waals surface area contributed by atoms with Gasteiger partial charge in [-0.3, -0.25) is 4.79 Å². The fourth-order valence-corrected chi connectivity index (χ4v) is 2.30. The number of oxime groups is 1. The lowest BCUT2D eigenvalue weighted by Crippen LogP contribution is -2.37. The first-order chi connectivity index (χ1) is 9.01. The predicted molar refractivity (Wildman–Crippen MR) is 73.5 cm³/mol. The first-order valence-corrected chi connectivity index (χ1v) is 6.83. The Morgan fingerprint density at radius 2 is 2.32 bits per heavy atom. The van der Waals surface area contributed by atoms with Crippen LogP contribution >= 0.6 is 11.5 Å². The largest absolute Gasteiger partial charge is 0.409 e. The number of hydrogen-bond donors (Lipinski definition) is 2. The molecule has 0 fully saturated rings. The summed E-state index contributed by atoms with van der Waals surface area (Å²) in [5.41, 5.74) is 6.18. The third kappa shape index (κ3) is 3.88. The minimum absolute atomic E-state index is 0.100. The van der Waals surface area contributed by atoms with Gasteiger partial charge in [0.1, 0.15) is 10.7 Å². The standard InChI is InChI=1S/C11H19N5O2S/c1-4-5-8-10(19-15-13-8)11(17)16(3)7(2)6-9(12)14-18/h7,18H,4-6H2,1-3H3,(H2,12,14). The lowest BCUT2D eigenvalue weighted by atomic mass is 10.1. The summed E-state index contributed by atoms with van der Waals surface area (Å²) < 4.78 is 3.84. The number of hydrogen-bond acceptors (Lipinski definition) is 6. The summed E-state index contributed by atoms with van der Waals surface area (Å²) in [7, 11) is 1.69.